The number of benzene rings is 1. The van der Waals surface area contributed by atoms with Gasteiger partial charge in [0.1, 0.15) is 17.4 Å². The molecule has 19 heavy (non-hydrogen) atoms. The molecule has 4 heteroatoms. The van der Waals surface area contributed by atoms with Crippen LogP contribution in [-0.2, 0) is 6.61 Å². The van der Waals surface area contributed by atoms with Gasteiger partial charge in [-0.15, -0.1) is 11.3 Å². The highest BCUT2D eigenvalue weighted by Crippen LogP contribution is 2.27. The number of nitrogens with zero attached hydrogens (tertiary/aromatic N) is 1. The van der Waals surface area contributed by atoms with Crippen molar-refractivity contribution in [3.05, 3.63) is 44.9 Å². The van der Waals surface area contributed by atoms with E-state index < -0.39 is 6.10 Å². The van der Waals surface area contributed by atoms with Gasteiger partial charge in [-0.3, -0.25) is 0 Å². The van der Waals surface area contributed by atoms with Gasteiger partial charge in [0.2, 0.25) is 0 Å². The molecule has 1 N–H and O–H groups in total. The number of aliphatic hydroxyl groups is 1. The Morgan fingerprint density at radius 2 is 2.05 bits per heavy atom. The fraction of sp³-hybridized carbons (Fsp3) is 0.400. The molecule has 3 nitrogen and oxygen atoms in total. The lowest BCUT2D eigenvalue weighted by molar-refractivity contribution is 0.190. The molecular weight excluding hydrogens is 258 g/mol. The van der Waals surface area contributed by atoms with Gasteiger partial charge in [0.15, 0.2) is 0 Å². The van der Waals surface area contributed by atoms with Crippen LogP contribution in [0.25, 0.3) is 0 Å². The molecule has 1 heterocycles. The van der Waals surface area contributed by atoms with Crippen LogP contribution >= 0.6 is 11.3 Å². The minimum Gasteiger partial charge on any atom is -0.486 e. The van der Waals surface area contributed by atoms with E-state index in [-0.39, 0.29) is 0 Å². The molecule has 0 aliphatic heterocycles. The predicted molar refractivity (Wildman–Crippen MR) is 77.7 cm³/mol. The molecule has 0 saturated heterocycles. The maximum Gasteiger partial charge on any atom is 0.140 e. The van der Waals surface area contributed by atoms with Crippen LogP contribution in [0.1, 0.15) is 39.7 Å². The number of hydrogen-bond acceptors (Lipinski definition) is 4. The van der Waals surface area contributed by atoms with Crippen LogP contribution in [0.2, 0.25) is 0 Å². The predicted octanol–water partition coefficient (Wildman–Crippen LogP) is 3.70. The Labute approximate surface area is 117 Å². The fourth-order valence-corrected chi connectivity index (χ4v) is 2.70. The lowest BCUT2D eigenvalue weighted by atomic mass is 10.1. The van der Waals surface area contributed by atoms with Gasteiger partial charge in [-0.1, -0.05) is 12.1 Å². The summed E-state index contributed by atoms with van der Waals surface area (Å²) in [6, 6.07) is 5.84. The van der Waals surface area contributed by atoms with E-state index >= 15 is 0 Å². The lowest BCUT2D eigenvalue weighted by Crippen LogP contribution is -2.01. The van der Waals surface area contributed by atoms with Crippen LogP contribution in [0.3, 0.4) is 0 Å². The van der Waals surface area contributed by atoms with Crippen molar-refractivity contribution < 1.29 is 9.84 Å². The third-order valence-corrected chi connectivity index (χ3v) is 4.09. The largest absolute Gasteiger partial charge is 0.486 e. The molecule has 0 aliphatic carbocycles. The Morgan fingerprint density at radius 1 is 1.32 bits per heavy atom. The normalized spacial score (nSPS) is 12.5. The van der Waals surface area contributed by atoms with Crippen LogP contribution < -0.4 is 4.74 Å². The zero-order chi connectivity index (χ0) is 14.0. The molecule has 1 atom stereocenters. The summed E-state index contributed by atoms with van der Waals surface area (Å²) in [7, 11) is 0. The standard InChI is InChI=1S/C15H19NO2S/c1-9-5-6-13(11(3)17)14(7-9)18-8-15-16-10(2)12(4)19-15/h5-7,11,17H,8H2,1-4H3/t11-/m1/s1. The summed E-state index contributed by atoms with van der Waals surface area (Å²) in [4.78, 5) is 5.67. The molecule has 0 aliphatic rings. The topological polar surface area (TPSA) is 42.4 Å². The van der Waals surface area contributed by atoms with Gasteiger partial charge in [-0.05, 0) is 39.3 Å². The van der Waals surface area contributed by atoms with Gasteiger partial charge in [-0.2, -0.15) is 0 Å². The number of aliphatic hydroxyl groups excluding tert-OH is 1. The van der Waals surface area contributed by atoms with E-state index in [9.17, 15) is 5.11 Å². The van der Waals surface area contributed by atoms with Gasteiger partial charge < -0.3 is 9.84 Å². The highest BCUT2D eigenvalue weighted by Gasteiger charge is 2.11. The van der Waals surface area contributed by atoms with E-state index in [1.807, 2.05) is 32.0 Å². The lowest BCUT2D eigenvalue weighted by Gasteiger charge is -2.13. The Bertz CT molecular complexity index is 556. The minimum atomic E-state index is -0.532. The fourth-order valence-electron chi connectivity index (χ4n) is 1.85. The van der Waals surface area contributed by atoms with E-state index in [2.05, 4.69) is 11.9 Å². The SMILES string of the molecule is Cc1ccc([C@@H](C)O)c(OCc2nc(C)c(C)s2)c1. The molecule has 0 spiro atoms. The van der Waals surface area contributed by atoms with Crippen LogP contribution in [-0.4, -0.2) is 10.1 Å². The Morgan fingerprint density at radius 3 is 2.63 bits per heavy atom. The molecule has 0 bridgehead atoms. The second-order valence-electron chi connectivity index (χ2n) is 4.76. The zero-order valence-electron chi connectivity index (χ0n) is 11.7. The minimum absolute atomic E-state index is 0.447. The second-order valence-corrected chi connectivity index (χ2v) is 6.04. The number of ether oxygens (including phenoxy) is 1. The summed E-state index contributed by atoms with van der Waals surface area (Å²) in [5.41, 5.74) is 2.99. The molecular formula is C15H19NO2S. The van der Waals surface area contributed by atoms with E-state index in [1.54, 1.807) is 18.3 Å². The van der Waals surface area contributed by atoms with Crippen LogP contribution in [0, 0.1) is 20.8 Å². The smallest absolute Gasteiger partial charge is 0.140 e. The van der Waals surface area contributed by atoms with E-state index in [4.69, 9.17) is 4.74 Å². The first-order valence-electron chi connectivity index (χ1n) is 6.31. The van der Waals surface area contributed by atoms with Crippen molar-refractivity contribution in [2.75, 3.05) is 0 Å². The summed E-state index contributed by atoms with van der Waals surface area (Å²) < 4.78 is 5.82. The van der Waals surface area contributed by atoms with E-state index in [0.717, 1.165) is 27.6 Å². The van der Waals surface area contributed by atoms with Crippen molar-refractivity contribution in [1.82, 2.24) is 4.98 Å². The van der Waals surface area contributed by atoms with Gasteiger partial charge in [0, 0.05) is 10.4 Å². The van der Waals surface area contributed by atoms with Gasteiger partial charge >= 0.3 is 0 Å². The number of aryl methyl sites for hydroxylation is 3. The number of aromatic nitrogens is 1. The summed E-state index contributed by atoms with van der Waals surface area (Å²) in [5.74, 6) is 0.737. The first kappa shape index (κ1) is 14.0. The number of hydrogen-bond donors (Lipinski definition) is 1. The van der Waals surface area contributed by atoms with Crippen LogP contribution in [0.15, 0.2) is 18.2 Å². The number of rotatable bonds is 4. The molecule has 1 aromatic carbocycles. The van der Waals surface area contributed by atoms with Gasteiger partial charge in [-0.25, -0.2) is 4.98 Å². The number of thiazole rings is 1. The summed E-state index contributed by atoms with van der Waals surface area (Å²) in [5, 5.41) is 10.7. The molecule has 102 valence electrons. The van der Waals surface area contributed by atoms with Crippen molar-refractivity contribution in [3.63, 3.8) is 0 Å². The molecule has 2 rings (SSSR count). The van der Waals surface area contributed by atoms with Gasteiger partial charge in [0.05, 0.1) is 11.8 Å². The first-order valence-corrected chi connectivity index (χ1v) is 7.13. The Balaban J connectivity index is 2.16. The quantitative estimate of drug-likeness (QED) is 0.926. The highest BCUT2D eigenvalue weighted by atomic mass is 32.1. The zero-order valence-corrected chi connectivity index (χ0v) is 12.5. The van der Waals surface area contributed by atoms with Gasteiger partial charge in [0.25, 0.3) is 0 Å². The van der Waals surface area contributed by atoms with Crippen LogP contribution in [0.5, 0.6) is 5.75 Å². The molecule has 0 amide bonds. The van der Waals surface area contributed by atoms with E-state index in [1.165, 1.54) is 4.88 Å². The third-order valence-electron chi connectivity index (χ3n) is 3.04. The summed E-state index contributed by atoms with van der Waals surface area (Å²) in [6.07, 6.45) is -0.532. The maximum atomic E-state index is 9.75. The molecule has 0 unspecified atom stereocenters. The summed E-state index contributed by atoms with van der Waals surface area (Å²) >= 11 is 1.65. The van der Waals surface area contributed by atoms with Crippen LogP contribution in [0.4, 0.5) is 0 Å². The first-order chi connectivity index (χ1) is 8.97. The highest BCUT2D eigenvalue weighted by molar-refractivity contribution is 7.11. The average molecular weight is 277 g/mol. The molecule has 0 saturated carbocycles. The summed E-state index contributed by atoms with van der Waals surface area (Å²) in [6.45, 7) is 8.27. The van der Waals surface area contributed by atoms with Crippen molar-refractivity contribution in [2.45, 2.75) is 40.4 Å². The monoisotopic (exact) mass is 277 g/mol. The van der Waals surface area contributed by atoms with Crippen molar-refractivity contribution in [2.24, 2.45) is 0 Å². The van der Waals surface area contributed by atoms with Crippen molar-refractivity contribution >= 4 is 11.3 Å². The molecule has 0 fully saturated rings. The average Bonchev–Trinajstić information content (AvgIpc) is 2.66. The molecule has 1 aromatic heterocycles. The second kappa shape index (κ2) is 5.72. The van der Waals surface area contributed by atoms with Crippen molar-refractivity contribution in [3.8, 4) is 5.75 Å². The molecule has 2 aromatic rings. The van der Waals surface area contributed by atoms with Crippen molar-refractivity contribution in [1.29, 1.82) is 0 Å². The maximum absolute atomic E-state index is 9.75. The Hall–Kier alpha value is -1.39. The molecule has 0 radical (unpaired) electrons. The Kier molecular flexibility index (Phi) is 4.22. The third kappa shape index (κ3) is 3.33. The van der Waals surface area contributed by atoms with E-state index in [0.29, 0.717) is 6.61 Å².